The van der Waals surface area contributed by atoms with Crippen molar-refractivity contribution in [1.82, 2.24) is 14.7 Å². The van der Waals surface area contributed by atoms with Gasteiger partial charge in [-0.1, -0.05) is 39.8 Å². The Bertz CT molecular complexity index is 340. The Morgan fingerprint density at radius 1 is 1.35 bits per heavy atom. The standard InChI is InChI=1S/C11H18N3.C2H6.Re/c1-5-10-6-14(12-9(10)2)11(3)7-13(4)8-11;1-2;/h5,7-8H2,1-4H3;1-2H3;/q-1;;. The second-order valence-electron chi connectivity index (χ2n) is 4.61. The first-order chi connectivity index (χ1) is 7.55. The minimum Gasteiger partial charge on any atom is -0.368 e. The Labute approximate surface area is 119 Å². The number of hydrogen-bond donors (Lipinski definition) is 0. The summed E-state index contributed by atoms with van der Waals surface area (Å²) in [5.41, 5.74) is 2.55. The molecule has 0 atom stereocenters. The Morgan fingerprint density at radius 2 is 1.88 bits per heavy atom. The molecule has 0 spiro atoms. The summed E-state index contributed by atoms with van der Waals surface area (Å²) in [7, 11) is 2.14. The van der Waals surface area contributed by atoms with Crippen LogP contribution in [0.25, 0.3) is 0 Å². The number of likely N-dealkylation sites (tertiary alicyclic amines) is 1. The van der Waals surface area contributed by atoms with Crippen LogP contribution in [0.1, 0.15) is 39.0 Å². The Morgan fingerprint density at radius 3 is 2.24 bits per heavy atom. The molecule has 0 amide bonds. The second kappa shape index (κ2) is 6.68. The van der Waals surface area contributed by atoms with Crippen LogP contribution in [0.4, 0.5) is 0 Å². The van der Waals surface area contributed by atoms with E-state index in [2.05, 4.69) is 44.0 Å². The van der Waals surface area contributed by atoms with Gasteiger partial charge in [-0.3, -0.25) is 5.10 Å². The molecular weight excluding hydrogens is 384 g/mol. The molecule has 1 aliphatic heterocycles. The first-order valence-corrected chi connectivity index (χ1v) is 6.22. The average molecular weight is 409 g/mol. The third-order valence-electron chi connectivity index (χ3n) is 3.01. The van der Waals surface area contributed by atoms with Crippen LogP contribution in [0.2, 0.25) is 0 Å². The molecule has 4 heteroatoms. The molecule has 1 aromatic heterocycles. The van der Waals surface area contributed by atoms with Crippen LogP contribution < -0.4 is 0 Å². The predicted molar refractivity (Wildman–Crippen MR) is 67.7 cm³/mol. The smallest absolute Gasteiger partial charge is 0.0636 e. The summed E-state index contributed by atoms with van der Waals surface area (Å²) in [6, 6.07) is 0. The summed E-state index contributed by atoms with van der Waals surface area (Å²) in [5, 5.41) is 4.54. The van der Waals surface area contributed by atoms with E-state index in [0.29, 0.717) is 0 Å². The van der Waals surface area contributed by atoms with E-state index in [4.69, 9.17) is 0 Å². The number of aromatic nitrogens is 2. The maximum Gasteiger partial charge on any atom is 0.0636 e. The summed E-state index contributed by atoms with van der Waals surface area (Å²) in [6.07, 6.45) is 4.40. The topological polar surface area (TPSA) is 21.1 Å². The molecular formula is C13H24N3Re-. The van der Waals surface area contributed by atoms with Crippen LogP contribution in [0.3, 0.4) is 0 Å². The summed E-state index contributed by atoms with van der Waals surface area (Å²) in [5.74, 6) is 0. The Balaban J connectivity index is 0.000000811. The van der Waals surface area contributed by atoms with E-state index in [9.17, 15) is 0 Å². The third kappa shape index (κ3) is 3.40. The van der Waals surface area contributed by atoms with Gasteiger partial charge in [-0.15, -0.1) is 6.20 Å². The molecule has 1 saturated heterocycles. The minimum absolute atomic E-state index is 0. The molecule has 0 bridgehead atoms. The molecule has 1 radical (unpaired) electrons. The van der Waals surface area contributed by atoms with Gasteiger partial charge in [0.1, 0.15) is 0 Å². The van der Waals surface area contributed by atoms with Gasteiger partial charge in [0.05, 0.1) is 5.54 Å². The number of rotatable bonds is 2. The molecule has 3 nitrogen and oxygen atoms in total. The second-order valence-corrected chi connectivity index (χ2v) is 4.61. The van der Waals surface area contributed by atoms with E-state index in [0.717, 1.165) is 25.2 Å². The van der Waals surface area contributed by atoms with Crippen molar-refractivity contribution in [3.63, 3.8) is 0 Å². The van der Waals surface area contributed by atoms with Gasteiger partial charge < -0.3 is 9.58 Å². The first kappa shape index (κ1) is 16.8. The fourth-order valence-corrected chi connectivity index (χ4v) is 2.29. The van der Waals surface area contributed by atoms with Gasteiger partial charge in [0.15, 0.2) is 0 Å². The van der Waals surface area contributed by atoms with Crippen LogP contribution in [0, 0.1) is 13.1 Å². The zero-order valence-electron chi connectivity index (χ0n) is 11.8. The van der Waals surface area contributed by atoms with Crippen LogP contribution in [0.5, 0.6) is 0 Å². The van der Waals surface area contributed by atoms with E-state index in [1.165, 1.54) is 5.56 Å². The molecule has 99 valence electrons. The third-order valence-corrected chi connectivity index (χ3v) is 3.01. The monoisotopic (exact) mass is 409 g/mol. The van der Waals surface area contributed by atoms with Crippen molar-refractivity contribution in [2.24, 2.45) is 0 Å². The quantitative estimate of drug-likeness (QED) is 0.700. The largest absolute Gasteiger partial charge is 0.368 e. The molecule has 2 heterocycles. The van der Waals surface area contributed by atoms with E-state index in [1.807, 2.05) is 18.5 Å². The SMILES string of the molecule is CC.CCc1[c-]n(C2(C)CN(C)C2)nc1C.[Re]. The van der Waals surface area contributed by atoms with Crippen molar-refractivity contribution in [1.29, 1.82) is 0 Å². The fraction of sp³-hybridized carbons (Fsp3) is 0.769. The number of likely N-dealkylation sites (N-methyl/N-ethyl adjacent to an activating group) is 1. The van der Waals surface area contributed by atoms with E-state index in [1.54, 1.807) is 0 Å². The normalized spacial score (nSPS) is 17.5. The maximum atomic E-state index is 4.54. The van der Waals surface area contributed by atoms with Crippen molar-refractivity contribution < 1.29 is 20.4 Å². The van der Waals surface area contributed by atoms with Gasteiger partial charge >= 0.3 is 0 Å². The van der Waals surface area contributed by atoms with Gasteiger partial charge in [0.25, 0.3) is 0 Å². The summed E-state index contributed by atoms with van der Waals surface area (Å²) in [6.45, 7) is 12.6. The molecule has 17 heavy (non-hydrogen) atoms. The van der Waals surface area contributed by atoms with Crippen LogP contribution in [0.15, 0.2) is 0 Å². The fourth-order valence-electron chi connectivity index (χ4n) is 2.29. The summed E-state index contributed by atoms with van der Waals surface area (Å²) >= 11 is 0. The molecule has 0 unspecified atom stereocenters. The predicted octanol–water partition coefficient (Wildman–Crippen LogP) is 2.24. The molecule has 0 aliphatic carbocycles. The molecule has 2 rings (SSSR count). The van der Waals surface area contributed by atoms with Gasteiger partial charge in [0.2, 0.25) is 0 Å². The van der Waals surface area contributed by atoms with Gasteiger partial charge in [0, 0.05) is 33.5 Å². The van der Waals surface area contributed by atoms with Crippen molar-refractivity contribution in [2.75, 3.05) is 20.1 Å². The summed E-state index contributed by atoms with van der Waals surface area (Å²) in [4.78, 5) is 2.30. The summed E-state index contributed by atoms with van der Waals surface area (Å²) < 4.78 is 2.03. The van der Waals surface area contributed by atoms with Gasteiger partial charge in [-0.25, -0.2) is 0 Å². The minimum atomic E-state index is 0. The van der Waals surface area contributed by atoms with Gasteiger partial charge in [-0.2, -0.15) is 5.56 Å². The molecule has 1 aromatic rings. The number of nitrogens with zero attached hydrogens (tertiary/aromatic N) is 3. The molecule has 0 N–H and O–H groups in total. The first-order valence-electron chi connectivity index (χ1n) is 6.22. The zero-order valence-corrected chi connectivity index (χ0v) is 14.6. The Hall–Kier alpha value is -0.168. The molecule has 0 saturated carbocycles. The molecule has 0 aromatic carbocycles. The van der Waals surface area contributed by atoms with Crippen LogP contribution in [-0.4, -0.2) is 34.8 Å². The van der Waals surface area contributed by atoms with E-state index >= 15 is 0 Å². The number of aryl methyl sites for hydroxylation is 2. The number of hydrogen-bond acceptors (Lipinski definition) is 2. The molecule has 1 aliphatic rings. The van der Waals surface area contributed by atoms with Crippen molar-refractivity contribution in [3.8, 4) is 0 Å². The van der Waals surface area contributed by atoms with E-state index in [-0.39, 0.29) is 26.0 Å². The van der Waals surface area contributed by atoms with Crippen molar-refractivity contribution >= 4 is 0 Å². The zero-order chi connectivity index (χ0) is 12.3. The van der Waals surface area contributed by atoms with Crippen LogP contribution in [-0.2, 0) is 32.4 Å². The maximum absolute atomic E-state index is 4.54. The average Bonchev–Trinajstić information content (AvgIpc) is 2.61. The van der Waals surface area contributed by atoms with Gasteiger partial charge in [-0.05, 0) is 14.0 Å². The van der Waals surface area contributed by atoms with Crippen LogP contribution >= 0.6 is 0 Å². The van der Waals surface area contributed by atoms with E-state index < -0.39 is 0 Å². The molecule has 1 fully saturated rings. The van der Waals surface area contributed by atoms with Crippen molar-refractivity contribution in [3.05, 3.63) is 17.5 Å². The Kier molecular flexibility index (Phi) is 6.62. The van der Waals surface area contributed by atoms with Crippen molar-refractivity contribution in [2.45, 2.75) is 46.6 Å².